The molecule has 0 aliphatic heterocycles. The summed E-state index contributed by atoms with van der Waals surface area (Å²) in [7, 11) is 0. The van der Waals surface area contributed by atoms with Gasteiger partial charge in [-0.25, -0.2) is 0 Å². The zero-order valence-corrected chi connectivity index (χ0v) is 10.0. The van der Waals surface area contributed by atoms with Gasteiger partial charge in [0.2, 0.25) is 0 Å². The number of aliphatic carboxylic acids is 1. The maximum absolute atomic E-state index is 11.9. The van der Waals surface area contributed by atoms with Crippen molar-refractivity contribution in [2.45, 2.75) is 45.4 Å². The van der Waals surface area contributed by atoms with Gasteiger partial charge in [-0.15, -0.1) is 0 Å². The number of fused-ring (bicyclic) bond motifs is 1. The molecule has 2 saturated carbocycles. The molecule has 4 heteroatoms. The molecule has 0 heterocycles. The maximum atomic E-state index is 11.9. The summed E-state index contributed by atoms with van der Waals surface area (Å²) in [6.45, 7) is 1.94. The van der Waals surface area contributed by atoms with Crippen LogP contribution in [0, 0.1) is 17.3 Å². The molecule has 3 atom stereocenters. The van der Waals surface area contributed by atoms with E-state index in [1.807, 2.05) is 6.92 Å². The fourth-order valence-electron chi connectivity index (χ4n) is 3.50. The Bertz CT molecular complexity index is 374. The van der Waals surface area contributed by atoms with Crippen LogP contribution in [-0.2, 0) is 14.4 Å². The molecule has 2 rings (SSSR count). The van der Waals surface area contributed by atoms with Crippen LogP contribution in [0.3, 0.4) is 0 Å². The van der Waals surface area contributed by atoms with E-state index in [-0.39, 0.29) is 35.2 Å². The van der Waals surface area contributed by atoms with Crippen molar-refractivity contribution in [2.75, 3.05) is 0 Å². The van der Waals surface area contributed by atoms with E-state index in [0.717, 1.165) is 6.42 Å². The molecule has 0 saturated heterocycles. The monoisotopic (exact) mass is 237 g/mol. The van der Waals surface area contributed by atoms with Crippen molar-refractivity contribution in [3.63, 3.8) is 0 Å². The van der Waals surface area contributed by atoms with E-state index in [2.05, 4.69) is 0 Å². The van der Waals surface area contributed by atoms with Gasteiger partial charge < -0.3 is 9.90 Å². The molecule has 0 aromatic carbocycles. The van der Waals surface area contributed by atoms with Gasteiger partial charge in [0.15, 0.2) is 0 Å². The Morgan fingerprint density at radius 2 is 2.12 bits per heavy atom. The van der Waals surface area contributed by atoms with Crippen LogP contribution in [-0.4, -0.2) is 17.5 Å². The number of hydrogen-bond donors (Lipinski definition) is 0. The second-order valence-electron chi connectivity index (χ2n) is 5.47. The molecule has 0 aromatic rings. The highest BCUT2D eigenvalue weighted by Gasteiger charge is 2.53. The number of carboxylic acids is 1. The summed E-state index contributed by atoms with van der Waals surface area (Å²) in [5.41, 5.74) is -0.384. The Labute approximate surface area is 100 Å². The molecule has 1 unspecified atom stereocenters. The Morgan fingerprint density at radius 3 is 2.76 bits per heavy atom. The summed E-state index contributed by atoms with van der Waals surface area (Å²) in [6, 6.07) is 0. The quantitative estimate of drug-likeness (QED) is 0.715. The third-order valence-electron chi connectivity index (χ3n) is 4.59. The lowest BCUT2D eigenvalue weighted by Gasteiger charge is -2.39. The second kappa shape index (κ2) is 4.24. The Balaban J connectivity index is 2.15. The molecule has 0 bridgehead atoms. The lowest BCUT2D eigenvalue weighted by Crippen LogP contribution is -2.42. The summed E-state index contributed by atoms with van der Waals surface area (Å²) < 4.78 is 0. The van der Waals surface area contributed by atoms with Crippen molar-refractivity contribution in [1.29, 1.82) is 0 Å². The maximum Gasteiger partial charge on any atom is 0.139 e. The number of carboxylic acid groups (broad SMARTS) is 1. The number of hydrogen-bond acceptors (Lipinski definition) is 4. The van der Waals surface area contributed by atoms with Crippen LogP contribution in [0.15, 0.2) is 0 Å². The molecule has 17 heavy (non-hydrogen) atoms. The largest absolute Gasteiger partial charge is 0.550 e. The summed E-state index contributed by atoms with van der Waals surface area (Å²) in [5, 5.41) is 10.5. The number of carbonyl (C=O) groups is 3. The van der Waals surface area contributed by atoms with Gasteiger partial charge in [0.05, 0.1) is 0 Å². The van der Waals surface area contributed by atoms with Crippen LogP contribution < -0.4 is 5.11 Å². The summed E-state index contributed by atoms with van der Waals surface area (Å²) in [4.78, 5) is 34.2. The highest BCUT2D eigenvalue weighted by molar-refractivity contribution is 5.92. The first kappa shape index (κ1) is 12.3. The minimum absolute atomic E-state index is 0.0515. The van der Waals surface area contributed by atoms with Gasteiger partial charge >= 0.3 is 0 Å². The smallest absolute Gasteiger partial charge is 0.139 e. The Hall–Kier alpha value is -1.19. The van der Waals surface area contributed by atoms with Crippen molar-refractivity contribution < 1.29 is 19.5 Å². The summed E-state index contributed by atoms with van der Waals surface area (Å²) >= 11 is 0. The van der Waals surface area contributed by atoms with Crippen LogP contribution in [0.4, 0.5) is 0 Å². The standard InChI is InChI=1S/C13H18O4/c1-13-7-6-10(14)8(2-5-12(16)17)9(13)3-4-11(13)15/h8-9H,2-7H2,1H3,(H,16,17)/p-1/t8-,9?,13-/m0/s1. The van der Waals surface area contributed by atoms with Gasteiger partial charge in [-0.05, 0) is 31.6 Å². The van der Waals surface area contributed by atoms with Gasteiger partial charge in [0.25, 0.3) is 0 Å². The van der Waals surface area contributed by atoms with Gasteiger partial charge in [-0.2, -0.15) is 0 Å². The first-order valence-corrected chi connectivity index (χ1v) is 6.21. The molecule has 0 aromatic heterocycles. The average molecular weight is 237 g/mol. The predicted molar refractivity (Wildman–Crippen MR) is 57.8 cm³/mol. The lowest BCUT2D eigenvalue weighted by atomic mass is 9.62. The van der Waals surface area contributed by atoms with Gasteiger partial charge in [-0.3, -0.25) is 9.59 Å². The zero-order chi connectivity index (χ0) is 12.6. The lowest BCUT2D eigenvalue weighted by molar-refractivity contribution is -0.306. The van der Waals surface area contributed by atoms with Crippen LogP contribution in [0.25, 0.3) is 0 Å². The molecule has 2 aliphatic carbocycles. The van der Waals surface area contributed by atoms with Gasteiger partial charge in [0.1, 0.15) is 11.6 Å². The first-order valence-electron chi connectivity index (χ1n) is 6.21. The molecule has 0 amide bonds. The number of ketones is 2. The van der Waals surface area contributed by atoms with Gasteiger partial charge in [0, 0.05) is 30.1 Å². The van der Waals surface area contributed by atoms with Crippen molar-refractivity contribution in [2.24, 2.45) is 17.3 Å². The fourth-order valence-corrected chi connectivity index (χ4v) is 3.50. The fraction of sp³-hybridized carbons (Fsp3) is 0.769. The SMILES string of the molecule is C[C@]12CCC(=O)[C@@H](CCC(=O)[O-])C1CCC2=O. The van der Waals surface area contributed by atoms with E-state index in [1.165, 1.54) is 0 Å². The molecular weight excluding hydrogens is 220 g/mol. The van der Waals surface area contributed by atoms with Gasteiger partial charge in [-0.1, -0.05) is 6.92 Å². The van der Waals surface area contributed by atoms with Crippen molar-refractivity contribution in [3.8, 4) is 0 Å². The zero-order valence-electron chi connectivity index (χ0n) is 10.0. The van der Waals surface area contributed by atoms with E-state index < -0.39 is 5.97 Å². The second-order valence-corrected chi connectivity index (χ2v) is 5.47. The molecule has 0 spiro atoms. The number of Topliss-reactive ketones (excluding diaryl/α,β-unsaturated/α-hetero) is 2. The minimum Gasteiger partial charge on any atom is -0.550 e. The van der Waals surface area contributed by atoms with Crippen LogP contribution in [0.2, 0.25) is 0 Å². The van der Waals surface area contributed by atoms with E-state index in [9.17, 15) is 19.5 Å². The highest BCUT2D eigenvalue weighted by Crippen LogP contribution is 2.52. The summed E-state index contributed by atoms with van der Waals surface area (Å²) in [5.74, 6) is -0.944. The van der Waals surface area contributed by atoms with E-state index in [1.54, 1.807) is 0 Å². The van der Waals surface area contributed by atoms with E-state index >= 15 is 0 Å². The molecule has 2 fully saturated rings. The number of rotatable bonds is 3. The molecule has 2 aliphatic rings. The Kier molecular flexibility index (Phi) is 3.06. The third kappa shape index (κ3) is 2.01. The normalized spacial score (nSPS) is 37.0. The van der Waals surface area contributed by atoms with E-state index in [4.69, 9.17) is 0 Å². The van der Waals surface area contributed by atoms with Crippen LogP contribution >= 0.6 is 0 Å². The Morgan fingerprint density at radius 1 is 1.41 bits per heavy atom. The van der Waals surface area contributed by atoms with Crippen LogP contribution in [0.1, 0.15) is 45.4 Å². The molecule has 0 N–H and O–H groups in total. The highest BCUT2D eigenvalue weighted by atomic mass is 16.4. The number of carbonyl (C=O) groups excluding carboxylic acids is 3. The first-order chi connectivity index (χ1) is 7.95. The average Bonchev–Trinajstić information content (AvgIpc) is 2.55. The topological polar surface area (TPSA) is 74.3 Å². The molecule has 4 nitrogen and oxygen atoms in total. The van der Waals surface area contributed by atoms with Crippen molar-refractivity contribution >= 4 is 17.5 Å². The minimum atomic E-state index is -1.12. The predicted octanol–water partition coefficient (Wildman–Crippen LogP) is 0.481. The third-order valence-corrected chi connectivity index (χ3v) is 4.59. The summed E-state index contributed by atoms with van der Waals surface area (Å²) in [6.07, 6.45) is 2.56. The molecular formula is C13H17O4-. The van der Waals surface area contributed by atoms with Crippen molar-refractivity contribution in [1.82, 2.24) is 0 Å². The molecule has 0 radical (unpaired) electrons. The van der Waals surface area contributed by atoms with Crippen LogP contribution in [0.5, 0.6) is 0 Å². The molecule has 94 valence electrons. The van der Waals surface area contributed by atoms with E-state index in [0.29, 0.717) is 25.7 Å². The van der Waals surface area contributed by atoms with Crippen molar-refractivity contribution in [3.05, 3.63) is 0 Å².